The Balaban J connectivity index is 1.70. The van der Waals surface area contributed by atoms with Gasteiger partial charge in [-0.1, -0.05) is 36.8 Å². The summed E-state index contributed by atoms with van der Waals surface area (Å²) in [5.74, 6) is -0.130. The second-order valence-electron chi connectivity index (χ2n) is 7.20. The highest BCUT2D eigenvalue weighted by Gasteiger charge is 2.35. The summed E-state index contributed by atoms with van der Waals surface area (Å²) >= 11 is 0. The molecule has 1 aliphatic heterocycles. The molecule has 0 aliphatic carbocycles. The zero-order chi connectivity index (χ0) is 19.4. The number of carbonyl (C=O) groups excluding carboxylic acids is 1. The van der Waals surface area contributed by atoms with Crippen LogP contribution in [0, 0.1) is 0 Å². The van der Waals surface area contributed by atoms with E-state index in [4.69, 9.17) is 0 Å². The summed E-state index contributed by atoms with van der Waals surface area (Å²) in [7, 11) is -3.53. The number of amides is 1. The van der Waals surface area contributed by atoms with Crippen molar-refractivity contribution in [2.75, 3.05) is 5.32 Å². The summed E-state index contributed by atoms with van der Waals surface area (Å²) in [5, 5.41) is 2.82. The third kappa shape index (κ3) is 4.57. The Labute approximate surface area is 161 Å². The van der Waals surface area contributed by atoms with E-state index in [2.05, 4.69) is 5.32 Å². The molecule has 27 heavy (non-hydrogen) atoms. The summed E-state index contributed by atoms with van der Waals surface area (Å²) in [6.07, 6.45) is 3.11. The molecule has 0 aromatic heterocycles. The van der Waals surface area contributed by atoms with E-state index in [0.29, 0.717) is 5.69 Å². The lowest BCUT2D eigenvalue weighted by molar-refractivity contribution is -0.115. The molecule has 0 bridgehead atoms. The van der Waals surface area contributed by atoms with Crippen molar-refractivity contribution in [3.05, 3.63) is 60.2 Å². The molecule has 6 heteroatoms. The molecule has 2 unspecified atom stereocenters. The van der Waals surface area contributed by atoms with E-state index in [0.717, 1.165) is 24.8 Å². The first-order valence-electron chi connectivity index (χ1n) is 9.35. The second kappa shape index (κ2) is 8.23. The smallest absolute Gasteiger partial charge is 0.243 e. The van der Waals surface area contributed by atoms with E-state index in [-0.39, 0.29) is 29.3 Å². The number of hydrogen-bond donors (Lipinski definition) is 1. The quantitative estimate of drug-likeness (QED) is 0.849. The average Bonchev–Trinajstić information content (AvgIpc) is 2.62. The lowest BCUT2D eigenvalue weighted by Gasteiger charge is -2.37. The molecule has 2 aromatic carbocycles. The molecule has 1 fully saturated rings. The van der Waals surface area contributed by atoms with Gasteiger partial charge in [-0.2, -0.15) is 4.31 Å². The van der Waals surface area contributed by atoms with Crippen LogP contribution in [0.25, 0.3) is 0 Å². The van der Waals surface area contributed by atoms with Gasteiger partial charge in [0.25, 0.3) is 0 Å². The van der Waals surface area contributed by atoms with Gasteiger partial charge in [0.1, 0.15) is 0 Å². The Morgan fingerprint density at radius 3 is 2.19 bits per heavy atom. The fourth-order valence-corrected chi connectivity index (χ4v) is 5.57. The fraction of sp³-hybridized carbons (Fsp3) is 0.381. The van der Waals surface area contributed by atoms with Crippen molar-refractivity contribution in [3.8, 4) is 0 Å². The van der Waals surface area contributed by atoms with E-state index in [9.17, 15) is 13.2 Å². The SMILES string of the molecule is CC1CCCC(C)N1S(=O)(=O)c1ccc(NC(=O)Cc2ccccc2)cc1. The van der Waals surface area contributed by atoms with Gasteiger partial charge in [-0.3, -0.25) is 4.79 Å². The number of benzene rings is 2. The van der Waals surface area contributed by atoms with E-state index in [1.165, 1.54) is 0 Å². The third-order valence-electron chi connectivity index (χ3n) is 5.03. The largest absolute Gasteiger partial charge is 0.326 e. The Morgan fingerprint density at radius 1 is 1.00 bits per heavy atom. The zero-order valence-electron chi connectivity index (χ0n) is 15.8. The lowest BCUT2D eigenvalue weighted by atomic mass is 10.0. The minimum atomic E-state index is -3.53. The molecule has 1 amide bonds. The maximum Gasteiger partial charge on any atom is 0.243 e. The topological polar surface area (TPSA) is 66.5 Å². The van der Waals surface area contributed by atoms with Gasteiger partial charge >= 0.3 is 0 Å². The third-order valence-corrected chi connectivity index (χ3v) is 7.18. The van der Waals surface area contributed by atoms with Gasteiger partial charge in [-0.15, -0.1) is 0 Å². The summed E-state index contributed by atoms with van der Waals surface area (Å²) in [6.45, 7) is 3.93. The summed E-state index contributed by atoms with van der Waals surface area (Å²) in [6, 6.07) is 15.9. The van der Waals surface area contributed by atoms with Gasteiger partial charge in [-0.05, 0) is 56.5 Å². The van der Waals surface area contributed by atoms with Crippen LogP contribution in [-0.2, 0) is 21.2 Å². The van der Waals surface area contributed by atoms with Crippen molar-refractivity contribution >= 4 is 21.6 Å². The highest BCUT2D eigenvalue weighted by atomic mass is 32.2. The van der Waals surface area contributed by atoms with E-state index < -0.39 is 10.0 Å². The first-order chi connectivity index (χ1) is 12.9. The molecule has 1 aliphatic rings. The number of anilines is 1. The molecular formula is C21H26N2O3S. The van der Waals surface area contributed by atoms with Gasteiger partial charge in [0.15, 0.2) is 0 Å². The van der Waals surface area contributed by atoms with Crippen molar-refractivity contribution < 1.29 is 13.2 Å². The van der Waals surface area contributed by atoms with Crippen LogP contribution in [0.1, 0.15) is 38.7 Å². The molecule has 0 radical (unpaired) electrons. The fourth-order valence-electron chi connectivity index (χ4n) is 3.69. The first kappa shape index (κ1) is 19.6. The van der Waals surface area contributed by atoms with Gasteiger partial charge in [0.05, 0.1) is 11.3 Å². The number of sulfonamides is 1. The predicted molar refractivity (Wildman–Crippen MR) is 107 cm³/mol. The Hall–Kier alpha value is -2.18. The van der Waals surface area contributed by atoms with Gasteiger partial charge in [0.2, 0.25) is 15.9 Å². The predicted octanol–water partition coefficient (Wildman–Crippen LogP) is 3.82. The van der Waals surface area contributed by atoms with Crippen molar-refractivity contribution in [1.82, 2.24) is 4.31 Å². The molecule has 5 nitrogen and oxygen atoms in total. The zero-order valence-corrected chi connectivity index (χ0v) is 16.6. The van der Waals surface area contributed by atoms with Crippen LogP contribution in [0.2, 0.25) is 0 Å². The molecule has 3 rings (SSSR count). The molecule has 0 saturated carbocycles. The van der Waals surface area contributed by atoms with Crippen LogP contribution in [0.5, 0.6) is 0 Å². The minimum absolute atomic E-state index is 0.00371. The van der Waals surface area contributed by atoms with Crippen LogP contribution in [-0.4, -0.2) is 30.7 Å². The summed E-state index contributed by atoms with van der Waals surface area (Å²) in [4.78, 5) is 12.4. The van der Waals surface area contributed by atoms with Crippen molar-refractivity contribution in [2.45, 2.75) is 56.5 Å². The monoisotopic (exact) mass is 386 g/mol. The van der Waals surface area contributed by atoms with Crippen molar-refractivity contribution in [3.63, 3.8) is 0 Å². The normalized spacial score (nSPS) is 21.0. The average molecular weight is 387 g/mol. The molecule has 144 valence electrons. The van der Waals surface area contributed by atoms with E-state index >= 15 is 0 Å². The molecule has 1 N–H and O–H groups in total. The maximum atomic E-state index is 13.0. The lowest BCUT2D eigenvalue weighted by Crippen LogP contribution is -2.47. The van der Waals surface area contributed by atoms with Crippen LogP contribution in [0.15, 0.2) is 59.5 Å². The van der Waals surface area contributed by atoms with Gasteiger partial charge in [0, 0.05) is 17.8 Å². The van der Waals surface area contributed by atoms with Crippen molar-refractivity contribution in [2.24, 2.45) is 0 Å². The van der Waals surface area contributed by atoms with Crippen LogP contribution in [0.4, 0.5) is 5.69 Å². The minimum Gasteiger partial charge on any atom is -0.326 e. The Morgan fingerprint density at radius 2 is 1.59 bits per heavy atom. The Bertz CT molecular complexity index is 869. The highest BCUT2D eigenvalue weighted by molar-refractivity contribution is 7.89. The van der Waals surface area contributed by atoms with E-state index in [1.807, 2.05) is 44.2 Å². The Kier molecular flexibility index (Phi) is 5.97. The molecule has 1 saturated heterocycles. The number of nitrogens with one attached hydrogen (secondary N) is 1. The number of nitrogens with zero attached hydrogens (tertiary/aromatic N) is 1. The molecule has 2 atom stereocenters. The number of rotatable bonds is 5. The van der Waals surface area contributed by atoms with Crippen LogP contribution >= 0.6 is 0 Å². The molecule has 1 heterocycles. The summed E-state index contributed by atoms with van der Waals surface area (Å²) in [5.41, 5.74) is 1.52. The summed E-state index contributed by atoms with van der Waals surface area (Å²) < 4.78 is 27.7. The second-order valence-corrected chi connectivity index (χ2v) is 9.04. The molecule has 0 spiro atoms. The van der Waals surface area contributed by atoms with Crippen LogP contribution < -0.4 is 5.32 Å². The molecular weight excluding hydrogens is 360 g/mol. The maximum absolute atomic E-state index is 13.0. The molecule has 2 aromatic rings. The van der Waals surface area contributed by atoms with Gasteiger partial charge < -0.3 is 5.32 Å². The number of piperidine rings is 1. The van der Waals surface area contributed by atoms with Crippen LogP contribution in [0.3, 0.4) is 0 Å². The number of hydrogen-bond acceptors (Lipinski definition) is 3. The highest BCUT2D eigenvalue weighted by Crippen LogP contribution is 2.29. The van der Waals surface area contributed by atoms with Crippen molar-refractivity contribution in [1.29, 1.82) is 0 Å². The first-order valence-corrected chi connectivity index (χ1v) is 10.8. The van der Waals surface area contributed by atoms with Gasteiger partial charge in [-0.25, -0.2) is 8.42 Å². The number of carbonyl (C=O) groups is 1. The standard InChI is InChI=1S/C21H26N2O3S/c1-16-7-6-8-17(2)23(16)27(25,26)20-13-11-19(12-14-20)22-21(24)15-18-9-4-3-5-10-18/h3-5,9-14,16-17H,6-8,15H2,1-2H3,(H,22,24). The van der Waals surface area contributed by atoms with E-state index in [1.54, 1.807) is 28.6 Å².